The van der Waals surface area contributed by atoms with Gasteiger partial charge < -0.3 is 15.2 Å². The first-order valence-corrected chi connectivity index (χ1v) is 12.9. The summed E-state index contributed by atoms with van der Waals surface area (Å²) in [5, 5.41) is 11.8. The number of rotatable bonds is 10. The molecule has 0 saturated heterocycles. The van der Waals surface area contributed by atoms with Crippen molar-refractivity contribution in [2.75, 3.05) is 6.54 Å². The van der Waals surface area contributed by atoms with Gasteiger partial charge in [-0.2, -0.15) is 4.39 Å². The quantitative estimate of drug-likeness (QED) is 0.294. The molecule has 0 radical (unpaired) electrons. The number of ether oxygens (including phenoxy) is 1. The molecule has 2 N–H and O–H groups in total. The van der Waals surface area contributed by atoms with Gasteiger partial charge in [0.1, 0.15) is 0 Å². The number of aliphatic carboxylic acids is 1. The first kappa shape index (κ1) is 25.6. The van der Waals surface area contributed by atoms with Crippen LogP contribution in [0.25, 0.3) is 0 Å². The molecule has 188 valence electrons. The number of nitrogens with one attached hydrogen (secondary N) is 1. The Morgan fingerprint density at radius 3 is 2.46 bits per heavy atom. The van der Waals surface area contributed by atoms with E-state index in [0.717, 1.165) is 18.4 Å². The Hall–Kier alpha value is -2.52. The highest BCUT2D eigenvalue weighted by Crippen LogP contribution is 2.46. The summed E-state index contributed by atoms with van der Waals surface area (Å²) in [5.41, 5.74) is 0.643. The molecule has 1 aromatic heterocycles. The maximum absolute atomic E-state index is 14.6. The fraction of sp³-hybridized carbons (Fsp3) is 0.480. The van der Waals surface area contributed by atoms with E-state index in [1.165, 1.54) is 23.5 Å². The van der Waals surface area contributed by atoms with E-state index in [0.29, 0.717) is 40.8 Å². The largest absolute Gasteiger partial charge is 0.487 e. The Bertz CT molecular complexity index is 1130. The average Bonchev–Trinajstić information content (AvgIpc) is 3.60. The van der Waals surface area contributed by atoms with Crippen LogP contribution < -0.4 is 10.1 Å². The van der Waals surface area contributed by atoms with Crippen molar-refractivity contribution >= 4 is 40.6 Å². The van der Waals surface area contributed by atoms with Crippen LogP contribution in [0.2, 0.25) is 4.34 Å². The van der Waals surface area contributed by atoms with Gasteiger partial charge in [0.25, 0.3) is 5.91 Å². The van der Waals surface area contributed by atoms with E-state index in [4.69, 9.17) is 21.4 Å². The molecule has 2 aliphatic carbocycles. The van der Waals surface area contributed by atoms with Crippen molar-refractivity contribution in [2.24, 2.45) is 5.92 Å². The summed E-state index contributed by atoms with van der Waals surface area (Å²) in [7, 11) is 0. The number of hydrogen-bond acceptors (Lipinski definition) is 5. The predicted molar refractivity (Wildman–Crippen MR) is 128 cm³/mol. The van der Waals surface area contributed by atoms with Crippen LogP contribution in [0.15, 0.2) is 18.2 Å². The van der Waals surface area contributed by atoms with Crippen molar-refractivity contribution in [1.82, 2.24) is 5.32 Å². The van der Waals surface area contributed by atoms with Crippen molar-refractivity contribution < 1.29 is 33.0 Å². The molecule has 35 heavy (non-hydrogen) atoms. The first-order chi connectivity index (χ1) is 16.7. The Balaban J connectivity index is 1.25. The highest BCUT2D eigenvalue weighted by Gasteiger charge is 2.29. The maximum atomic E-state index is 14.6. The molecule has 2 saturated carbocycles. The molecule has 2 aliphatic rings. The van der Waals surface area contributed by atoms with Crippen molar-refractivity contribution in [2.45, 2.75) is 63.4 Å². The fourth-order valence-electron chi connectivity index (χ4n) is 4.29. The number of carbonyl (C=O) groups excluding carboxylic acids is 2. The third-order valence-corrected chi connectivity index (χ3v) is 7.87. The Morgan fingerprint density at radius 1 is 1.09 bits per heavy atom. The normalized spacial score (nSPS) is 19.9. The summed E-state index contributed by atoms with van der Waals surface area (Å²) in [6, 6.07) is 4.24. The summed E-state index contributed by atoms with van der Waals surface area (Å²) in [4.78, 5) is 36.3. The lowest BCUT2D eigenvalue weighted by atomic mass is 9.87. The van der Waals surface area contributed by atoms with Crippen molar-refractivity contribution in [3.8, 4) is 5.75 Å². The van der Waals surface area contributed by atoms with Gasteiger partial charge in [-0.25, -0.2) is 4.39 Å². The first-order valence-electron chi connectivity index (χ1n) is 11.7. The van der Waals surface area contributed by atoms with E-state index in [1.807, 2.05) is 6.07 Å². The standard InChI is InChI=1S/C25H26ClF2NO5S/c26-23-17(13-3-4-13)12-20(35-23)24(31)29-11-1-2-18(30)16-9-10-19(22(28)21(16)27)34-15-7-5-14(6-8-15)25(32)33/h9-10,12-15H,1-8,11H2,(H,29,31)(H,32,33). The maximum Gasteiger partial charge on any atom is 0.306 e. The van der Waals surface area contributed by atoms with E-state index < -0.39 is 35.4 Å². The summed E-state index contributed by atoms with van der Waals surface area (Å²) in [6.07, 6.45) is 3.67. The van der Waals surface area contributed by atoms with Gasteiger partial charge in [-0.15, -0.1) is 11.3 Å². The van der Waals surface area contributed by atoms with Crippen molar-refractivity contribution in [1.29, 1.82) is 0 Å². The second-order valence-corrected chi connectivity index (χ2v) is 10.7. The molecule has 1 heterocycles. The Morgan fingerprint density at radius 2 is 1.80 bits per heavy atom. The highest BCUT2D eigenvalue weighted by atomic mass is 35.5. The minimum Gasteiger partial charge on any atom is -0.487 e. The molecule has 1 amide bonds. The summed E-state index contributed by atoms with van der Waals surface area (Å²) < 4.78 is 35.3. The molecule has 2 fully saturated rings. The second kappa shape index (κ2) is 11.0. The molecule has 0 bridgehead atoms. The number of carboxylic acids is 1. The number of halogens is 3. The van der Waals surface area contributed by atoms with E-state index in [2.05, 4.69) is 5.32 Å². The van der Waals surface area contributed by atoms with Gasteiger partial charge in [-0.3, -0.25) is 14.4 Å². The van der Waals surface area contributed by atoms with Gasteiger partial charge in [0, 0.05) is 13.0 Å². The Kier molecular flexibility index (Phi) is 8.06. The van der Waals surface area contributed by atoms with Crippen LogP contribution >= 0.6 is 22.9 Å². The van der Waals surface area contributed by atoms with E-state index in [1.54, 1.807) is 0 Å². The van der Waals surface area contributed by atoms with Gasteiger partial charge in [-0.1, -0.05) is 11.6 Å². The van der Waals surface area contributed by atoms with Crippen LogP contribution in [0.5, 0.6) is 5.75 Å². The predicted octanol–water partition coefficient (Wildman–Crippen LogP) is 5.97. The Labute approximate surface area is 210 Å². The summed E-state index contributed by atoms with van der Waals surface area (Å²) in [6.45, 7) is 0.211. The number of carboxylic acid groups (broad SMARTS) is 1. The summed E-state index contributed by atoms with van der Waals surface area (Å²) >= 11 is 7.43. The van der Waals surface area contributed by atoms with Crippen LogP contribution in [0.3, 0.4) is 0 Å². The molecule has 0 unspecified atom stereocenters. The second-order valence-electron chi connectivity index (χ2n) is 9.07. The molecule has 0 atom stereocenters. The average molecular weight is 526 g/mol. The fourth-order valence-corrected chi connectivity index (χ4v) is 5.63. The molecule has 1 aromatic carbocycles. The van der Waals surface area contributed by atoms with Crippen LogP contribution in [0.1, 0.15) is 82.9 Å². The zero-order chi connectivity index (χ0) is 25.1. The van der Waals surface area contributed by atoms with E-state index in [9.17, 15) is 23.2 Å². The molecular weight excluding hydrogens is 500 g/mol. The van der Waals surface area contributed by atoms with Crippen molar-refractivity contribution in [3.63, 3.8) is 0 Å². The van der Waals surface area contributed by atoms with Gasteiger partial charge in [0.15, 0.2) is 17.3 Å². The molecule has 4 rings (SSSR count). The molecule has 6 nitrogen and oxygen atoms in total. The SMILES string of the molecule is O=C(NCCCC(=O)c1ccc(OC2CCC(C(=O)O)CC2)c(F)c1F)c1cc(C2CC2)c(Cl)s1. The van der Waals surface area contributed by atoms with Gasteiger partial charge in [0.2, 0.25) is 5.82 Å². The zero-order valence-electron chi connectivity index (χ0n) is 19.0. The van der Waals surface area contributed by atoms with Gasteiger partial charge >= 0.3 is 5.97 Å². The zero-order valence-corrected chi connectivity index (χ0v) is 20.5. The van der Waals surface area contributed by atoms with Gasteiger partial charge in [-0.05, 0) is 74.6 Å². The lowest BCUT2D eigenvalue weighted by Crippen LogP contribution is -2.28. The minimum atomic E-state index is -1.27. The molecule has 10 heteroatoms. The lowest BCUT2D eigenvalue weighted by Gasteiger charge is -2.27. The monoisotopic (exact) mass is 525 g/mol. The van der Waals surface area contributed by atoms with E-state index >= 15 is 0 Å². The smallest absolute Gasteiger partial charge is 0.306 e. The highest BCUT2D eigenvalue weighted by molar-refractivity contribution is 7.18. The van der Waals surface area contributed by atoms with Crippen LogP contribution in [0.4, 0.5) is 8.78 Å². The molecule has 0 aliphatic heterocycles. The third kappa shape index (κ3) is 6.19. The number of thiophene rings is 1. The number of carbonyl (C=O) groups is 3. The summed E-state index contributed by atoms with van der Waals surface area (Å²) in [5.74, 6) is -4.48. The minimum absolute atomic E-state index is 0.0609. The van der Waals surface area contributed by atoms with Crippen LogP contribution in [-0.2, 0) is 4.79 Å². The number of ketones is 1. The number of amides is 1. The van der Waals surface area contributed by atoms with E-state index in [-0.39, 0.29) is 36.6 Å². The van der Waals surface area contributed by atoms with Crippen molar-refractivity contribution in [3.05, 3.63) is 50.2 Å². The third-order valence-electron chi connectivity index (χ3n) is 6.48. The topological polar surface area (TPSA) is 92.7 Å². The van der Waals surface area contributed by atoms with Gasteiger partial charge in [0.05, 0.1) is 26.8 Å². The lowest BCUT2D eigenvalue weighted by molar-refractivity contribution is -0.143. The number of Topliss-reactive ketones (excluding diaryl/α,β-unsaturated/α-hetero) is 1. The molecular formula is C25H26ClF2NO5S. The number of hydrogen-bond donors (Lipinski definition) is 2. The molecule has 2 aromatic rings. The number of benzene rings is 1. The van der Waals surface area contributed by atoms with Crippen LogP contribution in [-0.4, -0.2) is 35.4 Å². The molecule has 0 spiro atoms. The van der Waals surface area contributed by atoms with Crippen LogP contribution in [0, 0.1) is 17.6 Å².